The van der Waals surface area contributed by atoms with Crippen molar-refractivity contribution < 1.29 is 13.9 Å². The number of hydrogen-bond donors (Lipinski definition) is 1. The molecule has 176 valence electrons. The Morgan fingerprint density at radius 2 is 1.97 bits per heavy atom. The quantitative estimate of drug-likeness (QED) is 0.536. The van der Waals surface area contributed by atoms with Gasteiger partial charge in [-0.1, -0.05) is 23.7 Å². The normalized spacial score (nSPS) is 14.5. The summed E-state index contributed by atoms with van der Waals surface area (Å²) in [5, 5.41) is 3.21. The van der Waals surface area contributed by atoms with Crippen LogP contribution in [0.5, 0.6) is 0 Å². The number of imidazole rings is 1. The second kappa shape index (κ2) is 8.82. The van der Waals surface area contributed by atoms with Gasteiger partial charge in [-0.25, -0.2) is 19.2 Å². The van der Waals surface area contributed by atoms with Crippen molar-refractivity contribution in [3.05, 3.63) is 52.1 Å². The Morgan fingerprint density at radius 3 is 2.64 bits per heavy atom. The molecule has 7 nitrogen and oxygen atoms in total. The number of alkyl carbamates (subject to hydrolysis) is 1. The summed E-state index contributed by atoms with van der Waals surface area (Å²) in [6.07, 6.45) is -0.409. The molecule has 0 atom stereocenters. The van der Waals surface area contributed by atoms with Gasteiger partial charge in [0.25, 0.3) is 0 Å². The molecular weight excluding hydrogens is 445 g/mol. The van der Waals surface area contributed by atoms with Crippen LogP contribution >= 0.6 is 11.6 Å². The van der Waals surface area contributed by atoms with Crippen LogP contribution in [0.3, 0.4) is 0 Å². The molecule has 33 heavy (non-hydrogen) atoms. The Morgan fingerprint density at radius 1 is 1.24 bits per heavy atom. The average molecular weight is 474 g/mol. The molecule has 0 saturated carbocycles. The summed E-state index contributed by atoms with van der Waals surface area (Å²) >= 11 is 6.41. The molecule has 4 rings (SSSR count). The molecule has 1 amide bonds. The summed E-state index contributed by atoms with van der Waals surface area (Å²) in [5.74, 6) is 0.851. The molecular formula is C24H29ClFN5O2. The minimum Gasteiger partial charge on any atom is -0.444 e. The predicted molar refractivity (Wildman–Crippen MR) is 127 cm³/mol. The number of hydrogen-bond acceptors (Lipinski definition) is 5. The van der Waals surface area contributed by atoms with Gasteiger partial charge >= 0.3 is 6.09 Å². The summed E-state index contributed by atoms with van der Waals surface area (Å²) in [6, 6.07) is 7.10. The van der Waals surface area contributed by atoms with E-state index in [0.29, 0.717) is 29.3 Å². The Hall–Kier alpha value is -2.87. The number of carbonyl (C=O) groups excluding carboxylic acids is 1. The first-order chi connectivity index (χ1) is 15.5. The molecule has 0 unspecified atom stereocenters. The monoisotopic (exact) mass is 473 g/mol. The van der Waals surface area contributed by atoms with Gasteiger partial charge in [-0.15, -0.1) is 0 Å². The van der Waals surface area contributed by atoms with Crippen molar-refractivity contribution in [2.75, 3.05) is 24.5 Å². The summed E-state index contributed by atoms with van der Waals surface area (Å²) < 4.78 is 21.2. The number of anilines is 1. The van der Waals surface area contributed by atoms with Crippen molar-refractivity contribution in [3.63, 3.8) is 0 Å². The molecule has 1 aliphatic rings. The van der Waals surface area contributed by atoms with Crippen LogP contribution < -0.4 is 10.2 Å². The van der Waals surface area contributed by atoms with E-state index in [2.05, 4.69) is 19.8 Å². The van der Waals surface area contributed by atoms with E-state index in [-0.39, 0.29) is 11.7 Å². The fraction of sp³-hybridized carbons (Fsp3) is 0.458. The third-order valence-corrected chi connectivity index (χ3v) is 5.80. The number of amides is 1. The lowest BCUT2D eigenvalue weighted by atomic mass is 10.0. The highest BCUT2D eigenvalue weighted by Crippen LogP contribution is 2.32. The van der Waals surface area contributed by atoms with Gasteiger partial charge in [-0.05, 0) is 57.9 Å². The molecule has 0 radical (unpaired) electrons. The van der Waals surface area contributed by atoms with E-state index in [0.717, 1.165) is 35.8 Å². The zero-order valence-corrected chi connectivity index (χ0v) is 20.3. The smallest absolute Gasteiger partial charge is 0.407 e. The SMILES string of the molecule is Cc1cc2c(nc(N3CC(CNC(=O)OC(C)(C)C)C3)n2Cc2ccc(F)c(C)c2)c(Cl)n1. The summed E-state index contributed by atoms with van der Waals surface area (Å²) in [5.41, 5.74) is 3.39. The van der Waals surface area contributed by atoms with E-state index in [1.807, 2.05) is 39.8 Å². The van der Waals surface area contributed by atoms with Crippen LogP contribution in [0.15, 0.2) is 24.3 Å². The van der Waals surface area contributed by atoms with Gasteiger partial charge in [0, 0.05) is 31.2 Å². The molecule has 3 aromatic rings. The maximum absolute atomic E-state index is 13.8. The van der Waals surface area contributed by atoms with Crippen LogP contribution in [0.1, 0.15) is 37.6 Å². The lowest BCUT2D eigenvalue weighted by molar-refractivity contribution is 0.0516. The first-order valence-corrected chi connectivity index (χ1v) is 11.4. The third kappa shape index (κ3) is 5.21. The number of nitrogens with zero attached hydrogens (tertiary/aromatic N) is 4. The van der Waals surface area contributed by atoms with Crippen molar-refractivity contribution in [2.45, 2.75) is 46.8 Å². The first-order valence-electron chi connectivity index (χ1n) is 11.0. The Balaban J connectivity index is 1.54. The number of rotatable bonds is 5. The van der Waals surface area contributed by atoms with Gasteiger partial charge < -0.3 is 19.5 Å². The molecule has 1 aromatic carbocycles. The van der Waals surface area contributed by atoms with E-state index in [9.17, 15) is 9.18 Å². The van der Waals surface area contributed by atoms with Crippen LogP contribution in [0, 0.1) is 25.6 Å². The highest BCUT2D eigenvalue weighted by atomic mass is 35.5. The largest absolute Gasteiger partial charge is 0.444 e. The van der Waals surface area contributed by atoms with E-state index in [1.54, 1.807) is 13.0 Å². The lowest BCUT2D eigenvalue weighted by Gasteiger charge is -2.40. The van der Waals surface area contributed by atoms with Gasteiger partial charge in [0.05, 0.1) is 12.1 Å². The Bertz CT molecular complexity index is 1200. The molecule has 3 heterocycles. The number of halogens is 2. The number of aromatic nitrogens is 3. The van der Waals surface area contributed by atoms with Crippen LogP contribution in [-0.2, 0) is 11.3 Å². The summed E-state index contributed by atoms with van der Waals surface area (Å²) in [7, 11) is 0. The molecule has 9 heteroatoms. The van der Waals surface area contributed by atoms with Crippen LogP contribution in [-0.4, -0.2) is 45.9 Å². The fourth-order valence-corrected chi connectivity index (χ4v) is 4.25. The van der Waals surface area contributed by atoms with Crippen molar-refractivity contribution in [1.29, 1.82) is 0 Å². The van der Waals surface area contributed by atoms with Gasteiger partial charge in [-0.2, -0.15) is 0 Å². The van der Waals surface area contributed by atoms with Crippen LogP contribution in [0.4, 0.5) is 15.1 Å². The summed E-state index contributed by atoms with van der Waals surface area (Å²) in [4.78, 5) is 23.2. The van der Waals surface area contributed by atoms with E-state index >= 15 is 0 Å². The first kappa shape index (κ1) is 23.3. The second-order valence-corrected chi connectivity index (χ2v) is 10.0. The number of ether oxygens (including phenoxy) is 1. The Kier molecular flexibility index (Phi) is 6.22. The number of nitrogens with one attached hydrogen (secondary N) is 1. The number of carbonyl (C=O) groups is 1. The average Bonchev–Trinajstić information content (AvgIpc) is 3.00. The predicted octanol–water partition coefficient (Wildman–Crippen LogP) is 4.85. The number of aryl methyl sites for hydroxylation is 2. The topological polar surface area (TPSA) is 72.3 Å². The van der Waals surface area contributed by atoms with E-state index < -0.39 is 11.7 Å². The van der Waals surface area contributed by atoms with E-state index in [4.69, 9.17) is 21.3 Å². The highest BCUT2D eigenvalue weighted by Gasteiger charge is 2.32. The standard InChI is InChI=1S/C24H29ClFN5O2/c1-14-8-16(6-7-18(14)26)13-31-19-9-15(2)28-21(25)20(19)29-22(31)30-11-17(12-30)10-27-23(32)33-24(3,4)5/h6-9,17H,10-13H2,1-5H3,(H,27,32). The second-order valence-electron chi connectivity index (χ2n) is 9.66. The van der Waals surface area contributed by atoms with Gasteiger partial charge in [-0.3, -0.25) is 0 Å². The molecule has 1 N–H and O–H groups in total. The minimum atomic E-state index is -0.523. The number of benzene rings is 1. The van der Waals surface area contributed by atoms with Gasteiger partial charge in [0.1, 0.15) is 16.9 Å². The van der Waals surface area contributed by atoms with Crippen LogP contribution in [0.25, 0.3) is 11.0 Å². The van der Waals surface area contributed by atoms with Gasteiger partial charge in [0.15, 0.2) is 5.15 Å². The zero-order chi connectivity index (χ0) is 23.9. The molecule has 0 spiro atoms. The van der Waals surface area contributed by atoms with E-state index in [1.165, 1.54) is 6.07 Å². The number of pyridine rings is 1. The van der Waals surface area contributed by atoms with Gasteiger partial charge in [0.2, 0.25) is 5.95 Å². The van der Waals surface area contributed by atoms with Crippen molar-refractivity contribution in [3.8, 4) is 0 Å². The van der Waals surface area contributed by atoms with Crippen LogP contribution in [0.2, 0.25) is 5.15 Å². The molecule has 0 aliphatic carbocycles. The van der Waals surface area contributed by atoms with Crippen molar-refractivity contribution in [2.24, 2.45) is 5.92 Å². The maximum atomic E-state index is 13.8. The summed E-state index contributed by atoms with van der Waals surface area (Å²) in [6.45, 7) is 11.7. The third-order valence-electron chi connectivity index (χ3n) is 5.54. The fourth-order valence-electron chi connectivity index (χ4n) is 3.98. The molecule has 0 bridgehead atoms. The molecule has 1 aliphatic heterocycles. The number of fused-ring (bicyclic) bond motifs is 1. The molecule has 1 fully saturated rings. The minimum absolute atomic E-state index is 0.222. The highest BCUT2D eigenvalue weighted by molar-refractivity contribution is 6.33. The maximum Gasteiger partial charge on any atom is 0.407 e. The Labute approximate surface area is 197 Å². The lowest BCUT2D eigenvalue weighted by Crippen LogP contribution is -2.52. The molecule has 2 aromatic heterocycles. The van der Waals surface area contributed by atoms with Crippen molar-refractivity contribution in [1.82, 2.24) is 19.9 Å². The molecule has 1 saturated heterocycles. The zero-order valence-electron chi connectivity index (χ0n) is 19.6. The van der Waals surface area contributed by atoms with Crippen molar-refractivity contribution >= 4 is 34.7 Å².